The summed E-state index contributed by atoms with van der Waals surface area (Å²) in [6.45, 7) is 4.92. The zero-order valence-corrected chi connectivity index (χ0v) is 25.2. The summed E-state index contributed by atoms with van der Waals surface area (Å²) in [5.74, 6) is 6.18. The number of morpholine rings is 1. The summed E-state index contributed by atoms with van der Waals surface area (Å²) in [5.41, 5.74) is 2.71. The minimum absolute atomic E-state index is 0.169. The zero-order valence-electron chi connectivity index (χ0n) is 25.2. The molecule has 44 heavy (non-hydrogen) atoms. The number of hydrogen-bond donors (Lipinski definition) is 3. The number of hydrogen-bond acceptors (Lipinski definition) is 6. The van der Waals surface area contributed by atoms with Crippen molar-refractivity contribution in [3.63, 3.8) is 0 Å². The van der Waals surface area contributed by atoms with Crippen LogP contribution in [0.2, 0.25) is 0 Å². The number of nitrogens with one attached hydrogen (secondary N) is 3. The Morgan fingerprint density at radius 1 is 1.07 bits per heavy atom. The molecule has 1 saturated carbocycles. The standard InChI is InChI=1S/C33H40F3N5O3/c1-3-37-32(42)23-9-14-29(31(20-23)43-2)38-15-5-6-26-21-27-28(7-4-8-30(27)41(26)22-33(34,35)36)39-24-10-12-25(13-11-24)40-16-18-44-19-17-40/h4,7-9,14,20-21,24-25,38-39H,3,10-13,15-19,22H2,1-2H3,(H,37,42). The molecule has 1 aromatic heterocycles. The molecule has 11 heteroatoms. The predicted octanol–water partition coefficient (Wildman–Crippen LogP) is 5.48. The van der Waals surface area contributed by atoms with Gasteiger partial charge < -0.3 is 30.0 Å². The van der Waals surface area contributed by atoms with E-state index in [1.807, 2.05) is 13.0 Å². The van der Waals surface area contributed by atoms with Crippen molar-refractivity contribution in [1.29, 1.82) is 0 Å². The average Bonchev–Trinajstić information content (AvgIpc) is 3.36. The number of methoxy groups -OCH3 is 1. The van der Waals surface area contributed by atoms with Crippen LogP contribution in [0.1, 0.15) is 48.7 Å². The summed E-state index contributed by atoms with van der Waals surface area (Å²) in [5, 5.41) is 10.2. The van der Waals surface area contributed by atoms with Gasteiger partial charge in [0.2, 0.25) is 0 Å². The van der Waals surface area contributed by atoms with Gasteiger partial charge in [-0.05, 0) is 74.9 Å². The number of nitrogens with zero attached hydrogens (tertiary/aromatic N) is 2. The Bertz CT molecular complexity index is 1500. The van der Waals surface area contributed by atoms with Gasteiger partial charge in [0, 0.05) is 48.4 Å². The van der Waals surface area contributed by atoms with Gasteiger partial charge in [0.15, 0.2) is 0 Å². The first-order valence-corrected chi connectivity index (χ1v) is 15.2. The maximum atomic E-state index is 13.7. The van der Waals surface area contributed by atoms with Crippen molar-refractivity contribution in [3.8, 4) is 17.6 Å². The van der Waals surface area contributed by atoms with Crippen LogP contribution in [0, 0.1) is 11.8 Å². The monoisotopic (exact) mass is 611 g/mol. The molecule has 0 radical (unpaired) electrons. The number of anilines is 2. The molecule has 1 amide bonds. The van der Waals surface area contributed by atoms with Gasteiger partial charge >= 0.3 is 6.18 Å². The topological polar surface area (TPSA) is 79.8 Å². The van der Waals surface area contributed by atoms with Crippen molar-refractivity contribution >= 4 is 28.2 Å². The normalized spacial score (nSPS) is 19.2. The van der Waals surface area contributed by atoms with Crippen LogP contribution in [0.15, 0.2) is 42.5 Å². The van der Waals surface area contributed by atoms with Crippen LogP contribution in [-0.2, 0) is 11.3 Å². The van der Waals surface area contributed by atoms with E-state index in [4.69, 9.17) is 9.47 Å². The first-order valence-electron chi connectivity index (χ1n) is 15.2. The number of carbonyl (C=O) groups is 1. The fourth-order valence-electron chi connectivity index (χ4n) is 6.13. The van der Waals surface area contributed by atoms with E-state index in [9.17, 15) is 18.0 Å². The third-order valence-electron chi connectivity index (χ3n) is 8.29. The lowest BCUT2D eigenvalue weighted by Gasteiger charge is -2.39. The number of rotatable bonds is 9. The minimum Gasteiger partial charge on any atom is -0.495 e. The van der Waals surface area contributed by atoms with Crippen molar-refractivity contribution in [2.24, 2.45) is 0 Å². The highest BCUT2D eigenvalue weighted by Gasteiger charge is 2.31. The molecule has 1 saturated heterocycles. The van der Waals surface area contributed by atoms with E-state index in [0.29, 0.717) is 40.8 Å². The summed E-state index contributed by atoms with van der Waals surface area (Å²) in [4.78, 5) is 14.7. The Balaban J connectivity index is 1.31. The van der Waals surface area contributed by atoms with Crippen LogP contribution in [0.5, 0.6) is 5.75 Å². The number of amides is 1. The van der Waals surface area contributed by atoms with Crippen LogP contribution < -0.4 is 20.7 Å². The van der Waals surface area contributed by atoms with Crippen molar-refractivity contribution in [3.05, 3.63) is 53.7 Å². The Hall–Kier alpha value is -3.88. The third-order valence-corrected chi connectivity index (χ3v) is 8.29. The number of carbonyl (C=O) groups excluding carboxylic acids is 1. The van der Waals surface area contributed by atoms with Gasteiger partial charge in [-0.15, -0.1) is 0 Å². The lowest BCUT2D eigenvalue weighted by molar-refractivity contribution is -0.140. The molecule has 5 rings (SSSR count). The van der Waals surface area contributed by atoms with E-state index in [-0.39, 0.29) is 18.5 Å². The summed E-state index contributed by atoms with van der Waals surface area (Å²) in [7, 11) is 1.50. The van der Waals surface area contributed by atoms with E-state index >= 15 is 0 Å². The summed E-state index contributed by atoms with van der Waals surface area (Å²) >= 11 is 0. The molecule has 0 bridgehead atoms. The van der Waals surface area contributed by atoms with Gasteiger partial charge in [0.05, 0.1) is 43.8 Å². The maximum absolute atomic E-state index is 13.7. The highest BCUT2D eigenvalue weighted by Crippen LogP contribution is 2.33. The maximum Gasteiger partial charge on any atom is 0.406 e. The number of halogens is 3. The van der Waals surface area contributed by atoms with E-state index in [1.54, 1.807) is 36.4 Å². The number of fused-ring (bicyclic) bond motifs is 1. The second-order valence-corrected chi connectivity index (χ2v) is 11.2. The molecular weight excluding hydrogens is 571 g/mol. The van der Waals surface area contributed by atoms with E-state index in [1.165, 1.54) is 11.7 Å². The summed E-state index contributed by atoms with van der Waals surface area (Å²) in [6, 6.07) is 13.0. The highest BCUT2D eigenvalue weighted by atomic mass is 19.4. The van der Waals surface area contributed by atoms with Crippen molar-refractivity contribution in [1.82, 2.24) is 14.8 Å². The van der Waals surface area contributed by atoms with Crippen LogP contribution in [0.3, 0.4) is 0 Å². The Morgan fingerprint density at radius 3 is 2.55 bits per heavy atom. The summed E-state index contributed by atoms with van der Waals surface area (Å²) in [6.07, 6.45) is -0.208. The van der Waals surface area contributed by atoms with Crippen molar-refractivity contribution < 1.29 is 27.4 Å². The first-order chi connectivity index (χ1) is 21.3. The molecule has 0 spiro atoms. The van der Waals surface area contributed by atoms with Crippen molar-refractivity contribution in [2.45, 2.75) is 57.4 Å². The molecule has 2 aromatic carbocycles. The largest absolute Gasteiger partial charge is 0.495 e. The second-order valence-electron chi connectivity index (χ2n) is 11.2. The molecule has 0 atom stereocenters. The fourth-order valence-corrected chi connectivity index (χ4v) is 6.13. The summed E-state index contributed by atoms with van der Waals surface area (Å²) < 4.78 is 53.2. The van der Waals surface area contributed by atoms with Gasteiger partial charge in [-0.1, -0.05) is 12.0 Å². The minimum atomic E-state index is -4.40. The number of aromatic nitrogens is 1. The van der Waals surface area contributed by atoms with Crippen molar-refractivity contribution in [2.75, 3.05) is 57.1 Å². The molecule has 2 aliphatic rings. The molecule has 1 aliphatic carbocycles. The Kier molecular flexibility index (Phi) is 10.2. The number of ether oxygens (including phenoxy) is 2. The average molecular weight is 612 g/mol. The quantitative estimate of drug-likeness (QED) is 0.278. The van der Waals surface area contributed by atoms with Gasteiger partial charge in [0.1, 0.15) is 12.3 Å². The molecular formula is C33H40F3N5O3. The van der Waals surface area contributed by atoms with Crippen LogP contribution >= 0.6 is 0 Å². The van der Waals surface area contributed by atoms with E-state index in [0.717, 1.165) is 63.1 Å². The molecule has 236 valence electrons. The second kappa shape index (κ2) is 14.3. The van der Waals surface area contributed by atoms with Crippen LogP contribution in [0.4, 0.5) is 24.5 Å². The smallest absolute Gasteiger partial charge is 0.406 e. The van der Waals surface area contributed by atoms with E-state index < -0.39 is 12.7 Å². The molecule has 1 aliphatic heterocycles. The van der Waals surface area contributed by atoms with Gasteiger partial charge in [-0.25, -0.2) is 0 Å². The lowest BCUT2D eigenvalue weighted by Crippen LogP contribution is -2.46. The van der Waals surface area contributed by atoms with Gasteiger partial charge in [0.25, 0.3) is 5.91 Å². The number of alkyl halides is 3. The molecule has 3 aromatic rings. The Morgan fingerprint density at radius 2 is 1.84 bits per heavy atom. The molecule has 2 fully saturated rings. The highest BCUT2D eigenvalue weighted by molar-refractivity contribution is 5.95. The van der Waals surface area contributed by atoms with Crippen LogP contribution in [0.25, 0.3) is 10.9 Å². The predicted molar refractivity (Wildman–Crippen MR) is 166 cm³/mol. The molecule has 0 unspecified atom stereocenters. The third kappa shape index (κ3) is 7.79. The fraction of sp³-hybridized carbons (Fsp3) is 0.485. The zero-order chi connectivity index (χ0) is 31.1. The molecule has 8 nitrogen and oxygen atoms in total. The van der Waals surface area contributed by atoms with Gasteiger partial charge in [-0.2, -0.15) is 13.2 Å². The Labute approximate surface area is 256 Å². The molecule has 2 heterocycles. The number of benzene rings is 2. The SMILES string of the molecule is CCNC(=O)c1ccc(NCC#Cc2cc3c(NC4CCC(N5CCOCC5)CC4)cccc3n2CC(F)(F)F)c(OC)c1. The molecule has 3 N–H and O–H groups in total. The van der Waals surface area contributed by atoms with Crippen LogP contribution in [-0.4, -0.2) is 80.1 Å². The lowest BCUT2D eigenvalue weighted by atomic mass is 9.89. The first kappa shape index (κ1) is 31.5. The van der Waals surface area contributed by atoms with Gasteiger partial charge in [-0.3, -0.25) is 9.69 Å². The van der Waals surface area contributed by atoms with E-state index in [2.05, 4.69) is 32.7 Å².